The first kappa shape index (κ1) is 13.8. The Morgan fingerprint density at radius 1 is 1.25 bits per heavy atom. The van der Waals surface area contributed by atoms with Gasteiger partial charge in [0.15, 0.2) is 0 Å². The fraction of sp³-hybridized carbons (Fsp3) is 0.600. The van der Waals surface area contributed by atoms with Crippen molar-refractivity contribution in [1.29, 1.82) is 0 Å². The Labute approximate surface area is 107 Å². The molecule has 1 aliphatic rings. The van der Waals surface area contributed by atoms with Crippen LogP contribution in [0.4, 0.5) is 0 Å². The molecule has 16 heavy (non-hydrogen) atoms. The number of hydrogen-bond donors (Lipinski definition) is 5. The van der Waals surface area contributed by atoms with E-state index in [-0.39, 0.29) is 12.1 Å². The first-order valence-electron chi connectivity index (χ1n) is 5.12. The topological polar surface area (TPSA) is 62.1 Å². The average Bonchev–Trinajstić information content (AvgIpc) is 2.27. The minimum atomic E-state index is -0.0487. The van der Waals surface area contributed by atoms with E-state index in [1.165, 1.54) is 5.57 Å². The molecule has 0 spiro atoms. The van der Waals surface area contributed by atoms with Gasteiger partial charge in [-0.1, -0.05) is 24.8 Å². The summed E-state index contributed by atoms with van der Waals surface area (Å²) in [5, 5.41) is 3.21. The van der Waals surface area contributed by atoms with Gasteiger partial charge in [-0.3, -0.25) is 4.72 Å². The highest BCUT2D eigenvalue weighted by Crippen LogP contribution is 2.27. The third-order valence-electron chi connectivity index (χ3n) is 2.96. The Hall–Kier alpha value is -0.300. The molecule has 0 aromatic rings. The van der Waals surface area contributed by atoms with Gasteiger partial charge in [-0.25, -0.2) is 0 Å². The molecule has 0 aromatic carbocycles. The van der Waals surface area contributed by atoms with E-state index < -0.39 is 0 Å². The molecule has 0 bridgehead atoms. The molecule has 92 valence electrons. The molecule has 0 fully saturated rings. The first-order chi connectivity index (χ1) is 7.58. The molecule has 1 rings (SSSR count). The molecular weight excluding hydrogens is 240 g/mol. The Kier molecular flexibility index (Phi) is 5.04. The number of hydrogen-bond acceptors (Lipinski definition) is 6. The van der Waals surface area contributed by atoms with Gasteiger partial charge in [0.1, 0.15) is 0 Å². The van der Waals surface area contributed by atoms with Crippen LogP contribution in [0.2, 0.25) is 0 Å². The molecule has 5 N–H and O–H groups in total. The molecule has 4 nitrogen and oxygen atoms in total. The molecule has 0 aliphatic heterocycles. The van der Waals surface area contributed by atoms with Crippen LogP contribution in [0.25, 0.3) is 0 Å². The van der Waals surface area contributed by atoms with Crippen molar-refractivity contribution < 1.29 is 0 Å². The van der Waals surface area contributed by atoms with Crippen molar-refractivity contribution in [3.8, 4) is 0 Å². The van der Waals surface area contributed by atoms with Gasteiger partial charge < -0.3 is 15.8 Å². The summed E-state index contributed by atoms with van der Waals surface area (Å²) in [6.07, 6.45) is 2.00. The second-order valence-corrected chi connectivity index (χ2v) is 4.68. The normalized spacial score (nSPS) is 26.1. The second-order valence-electron chi connectivity index (χ2n) is 3.80. The minimum Gasteiger partial charge on any atom is -0.386 e. The average molecular weight is 260 g/mol. The molecule has 0 saturated heterocycles. The van der Waals surface area contributed by atoms with Crippen molar-refractivity contribution >= 4 is 24.8 Å². The van der Waals surface area contributed by atoms with Crippen LogP contribution in [0.5, 0.6) is 0 Å². The lowest BCUT2D eigenvalue weighted by atomic mass is 9.87. The summed E-state index contributed by atoms with van der Waals surface area (Å²) in [6, 6.07) is 0.0161. The molecule has 1 aliphatic carbocycles. The van der Waals surface area contributed by atoms with Crippen LogP contribution in [0, 0.1) is 0 Å². The lowest BCUT2D eigenvalue weighted by molar-refractivity contribution is 0.582. The molecule has 0 saturated carbocycles. The zero-order valence-electron chi connectivity index (χ0n) is 10.1. The molecule has 0 heterocycles. The highest BCUT2D eigenvalue weighted by Gasteiger charge is 2.30. The summed E-state index contributed by atoms with van der Waals surface area (Å²) in [7, 11) is 1.91. The fourth-order valence-electron chi connectivity index (χ4n) is 1.97. The van der Waals surface area contributed by atoms with Crippen molar-refractivity contribution in [2.75, 3.05) is 13.3 Å². The van der Waals surface area contributed by atoms with E-state index in [4.69, 9.17) is 5.73 Å². The maximum Gasteiger partial charge on any atom is 0.0680 e. The van der Waals surface area contributed by atoms with E-state index in [9.17, 15) is 0 Å². The quantitative estimate of drug-likeness (QED) is 0.382. The highest BCUT2D eigenvalue weighted by molar-refractivity contribution is 7.96. The SMILES string of the molecule is CNC1=C(C)C(N)C(NS)C(C)=C1NSC. The van der Waals surface area contributed by atoms with Crippen LogP contribution >= 0.6 is 24.8 Å². The standard InChI is InChI=1S/C10H20N4S2/c1-5-7(11)8(13-15)6(2)10(14-16-4)9(5)12-3/h7-8,12-15H,11H2,1-4H3. The van der Waals surface area contributed by atoms with Gasteiger partial charge in [-0.15, -0.1) is 0 Å². The Bertz CT molecular complexity index is 325. The highest BCUT2D eigenvalue weighted by atomic mass is 32.2. The summed E-state index contributed by atoms with van der Waals surface area (Å²) in [6.45, 7) is 4.11. The van der Waals surface area contributed by atoms with E-state index in [0.29, 0.717) is 0 Å². The second kappa shape index (κ2) is 5.86. The number of thiol groups is 1. The Balaban J connectivity index is 3.19. The maximum absolute atomic E-state index is 6.17. The van der Waals surface area contributed by atoms with E-state index in [2.05, 4.69) is 34.5 Å². The smallest absolute Gasteiger partial charge is 0.0680 e. The monoisotopic (exact) mass is 260 g/mol. The van der Waals surface area contributed by atoms with Gasteiger partial charge in [-0.05, 0) is 25.0 Å². The van der Waals surface area contributed by atoms with Crippen LogP contribution in [-0.4, -0.2) is 25.4 Å². The first-order valence-corrected chi connectivity index (χ1v) is 6.79. The zero-order valence-corrected chi connectivity index (χ0v) is 11.8. The van der Waals surface area contributed by atoms with Gasteiger partial charge in [0.25, 0.3) is 0 Å². The number of likely N-dealkylation sites (N-methyl/N-ethyl adjacent to an activating group) is 1. The van der Waals surface area contributed by atoms with E-state index in [1.807, 2.05) is 20.2 Å². The van der Waals surface area contributed by atoms with Crippen LogP contribution in [0.3, 0.4) is 0 Å². The number of rotatable bonds is 4. The van der Waals surface area contributed by atoms with E-state index in [1.54, 1.807) is 11.9 Å². The van der Waals surface area contributed by atoms with E-state index >= 15 is 0 Å². The predicted octanol–water partition coefficient (Wildman–Crippen LogP) is 0.765. The maximum atomic E-state index is 6.17. The largest absolute Gasteiger partial charge is 0.386 e. The summed E-state index contributed by atoms with van der Waals surface area (Å²) >= 11 is 5.72. The van der Waals surface area contributed by atoms with Crippen LogP contribution in [0.1, 0.15) is 13.8 Å². The van der Waals surface area contributed by atoms with Crippen molar-refractivity contribution in [2.24, 2.45) is 5.73 Å². The van der Waals surface area contributed by atoms with Crippen LogP contribution in [-0.2, 0) is 0 Å². The van der Waals surface area contributed by atoms with Crippen molar-refractivity contribution in [3.63, 3.8) is 0 Å². The Morgan fingerprint density at radius 3 is 2.31 bits per heavy atom. The summed E-state index contributed by atoms with van der Waals surface area (Å²) in [4.78, 5) is 0. The predicted molar refractivity (Wildman–Crippen MR) is 75.0 cm³/mol. The molecule has 6 heteroatoms. The summed E-state index contributed by atoms with van der Waals surface area (Å²) in [5.41, 5.74) is 10.7. The third kappa shape index (κ3) is 2.34. The van der Waals surface area contributed by atoms with Gasteiger partial charge in [0, 0.05) is 19.3 Å². The fourth-order valence-corrected chi connectivity index (χ4v) is 2.79. The molecule has 2 atom stereocenters. The van der Waals surface area contributed by atoms with Crippen LogP contribution in [0.15, 0.2) is 22.5 Å². The molecule has 0 amide bonds. The lowest BCUT2D eigenvalue weighted by Gasteiger charge is -2.34. The number of nitrogens with one attached hydrogen (secondary N) is 3. The molecule has 2 unspecified atom stereocenters. The Morgan fingerprint density at radius 2 is 1.88 bits per heavy atom. The van der Waals surface area contributed by atoms with Crippen molar-refractivity contribution in [2.45, 2.75) is 25.9 Å². The molecule has 0 aromatic heterocycles. The van der Waals surface area contributed by atoms with Gasteiger partial charge in [0.05, 0.1) is 17.4 Å². The van der Waals surface area contributed by atoms with Gasteiger partial charge in [-0.2, -0.15) is 0 Å². The third-order valence-corrected chi connectivity index (χ3v) is 3.64. The van der Waals surface area contributed by atoms with Crippen molar-refractivity contribution in [3.05, 3.63) is 22.5 Å². The van der Waals surface area contributed by atoms with Crippen molar-refractivity contribution in [1.82, 2.24) is 14.8 Å². The molecule has 0 radical (unpaired) electrons. The van der Waals surface area contributed by atoms with Gasteiger partial charge in [0.2, 0.25) is 0 Å². The summed E-state index contributed by atoms with van der Waals surface area (Å²) < 4.78 is 6.26. The van der Waals surface area contributed by atoms with E-state index in [0.717, 1.165) is 17.0 Å². The minimum absolute atomic E-state index is 0.0487. The lowest BCUT2D eigenvalue weighted by Crippen LogP contribution is -2.48. The van der Waals surface area contributed by atoms with Gasteiger partial charge >= 0.3 is 0 Å². The molecular formula is C10H20N4S2. The summed E-state index contributed by atoms with van der Waals surface area (Å²) in [5.74, 6) is 0. The van der Waals surface area contributed by atoms with Crippen LogP contribution < -0.4 is 20.5 Å². The zero-order chi connectivity index (χ0) is 12.3. The number of nitrogens with two attached hydrogens (primary N) is 1.